The largest absolute Gasteiger partial charge is 0.468 e. The van der Waals surface area contributed by atoms with E-state index in [1.165, 1.54) is 12.8 Å². The molecule has 144 valence electrons. The maximum atomic E-state index is 12.2. The van der Waals surface area contributed by atoms with Crippen LogP contribution in [-0.2, 0) is 14.3 Å². The minimum atomic E-state index is -0.577. The van der Waals surface area contributed by atoms with E-state index in [2.05, 4.69) is 22.3 Å². The number of ether oxygens (including phenoxy) is 2. The number of para-hydroxylation sites is 1. The number of hydrogen-bond acceptors (Lipinski definition) is 6. The summed E-state index contributed by atoms with van der Waals surface area (Å²) in [5.74, 6) is -0.353. The lowest BCUT2D eigenvalue weighted by Crippen LogP contribution is -2.56. The molecule has 0 spiro atoms. The summed E-state index contributed by atoms with van der Waals surface area (Å²) in [7, 11) is 1.36. The quantitative estimate of drug-likeness (QED) is 0.806. The van der Waals surface area contributed by atoms with E-state index in [-0.39, 0.29) is 12.5 Å². The smallest absolute Gasteiger partial charge is 0.407 e. The maximum absolute atomic E-state index is 12.2. The summed E-state index contributed by atoms with van der Waals surface area (Å²) >= 11 is 0. The highest BCUT2D eigenvalue weighted by Gasteiger charge is 2.30. The Labute approximate surface area is 155 Å². The van der Waals surface area contributed by atoms with Crippen molar-refractivity contribution in [3.05, 3.63) is 30.3 Å². The number of esters is 1. The van der Waals surface area contributed by atoms with Gasteiger partial charge in [0.2, 0.25) is 0 Å². The Morgan fingerprint density at radius 2 is 1.73 bits per heavy atom. The number of nitrogens with one attached hydrogen (secondary N) is 1. The minimum absolute atomic E-state index is 0.160. The number of benzene rings is 1. The molecule has 1 aromatic rings. The summed E-state index contributed by atoms with van der Waals surface area (Å²) < 4.78 is 10.2. The predicted octanol–water partition coefficient (Wildman–Crippen LogP) is 1.87. The van der Waals surface area contributed by atoms with Crippen LogP contribution < -0.4 is 10.2 Å². The summed E-state index contributed by atoms with van der Waals surface area (Å²) in [4.78, 5) is 28.4. The first-order valence-corrected chi connectivity index (χ1v) is 8.89. The number of methoxy groups -OCH3 is 1. The Bertz CT molecular complexity index is 593. The second-order valence-electron chi connectivity index (χ2n) is 7.28. The highest BCUT2D eigenvalue weighted by molar-refractivity contribution is 5.77. The van der Waals surface area contributed by atoms with Crippen molar-refractivity contribution in [3.8, 4) is 0 Å². The molecule has 1 N–H and O–H groups in total. The van der Waals surface area contributed by atoms with Gasteiger partial charge >= 0.3 is 12.1 Å². The van der Waals surface area contributed by atoms with Crippen LogP contribution in [0.2, 0.25) is 0 Å². The third-order valence-electron chi connectivity index (χ3n) is 4.19. The minimum Gasteiger partial charge on any atom is -0.468 e. The van der Waals surface area contributed by atoms with Gasteiger partial charge in [-0.1, -0.05) is 18.2 Å². The van der Waals surface area contributed by atoms with Crippen molar-refractivity contribution < 1.29 is 19.1 Å². The number of amides is 1. The molecule has 1 heterocycles. The molecule has 1 saturated heterocycles. The fourth-order valence-electron chi connectivity index (χ4n) is 2.92. The summed E-state index contributed by atoms with van der Waals surface area (Å²) in [6.45, 7) is 8.60. The highest BCUT2D eigenvalue weighted by Crippen LogP contribution is 2.17. The van der Waals surface area contributed by atoms with Crippen LogP contribution in [0.25, 0.3) is 0 Å². The topological polar surface area (TPSA) is 71.1 Å². The number of anilines is 1. The van der Waals surface area contributed by atoms with Gasteiger partial charge in [-0.15, -0.1) is 0 Å². The third-order valence-corrected chi connectivity index (χ3v) is 4.19. The van der Waals surface area contributed by atoms with Gasteiger partial charge in [-0.3, -0.25) is 9.69 Å². The molecule has 1 amide bonds. The number of nitrogens with zero attached hydrogens (tertiary/aromatic N) is 2. The molecule has 0 radical (unpaired) electrons. The molecule has 26 heavy (non-hydrogen) atoms. The maximum Gasteiger partial charge on any atom is 0.407 e. The van der Waals surface area contributed by atoms with Crippen molar-refractivity contribution in [2.24, 2.45) is 0 Å². The van der Waals surface area contributed by atoms with E-state index in [4.69, 9.17) is 9.47 Å². The van der Waals surface area contributed by atoms with Gasteiger partial charge in [0.15, 0.2) is 0 Å². The lowest BCUT2D eigenvalue weighted by atomic mass is 10.2. The van der Waals surface area contributed by atoms with Crippen LogP contribution in [0.15, 0.2) is 30.3 Å². The van der Waals surface area contributed by atoms with Crippen molar-refractivity contribution in [3.63, 3.8) is 0 Å². The Kier molecular flexibility index (Phi) is 6.85. The zero-order valence-corrected chi connectivity index (χ0v) is 16.0. The molecule has 1 atom stereocenters. The Balaban J connectivity index is 1.91. The second-order valence-corrected chi connectivity index (χ2v) is 7.28. The van der Waals surface area contributed by atoms with E-state index in [0.29, 0.717) is 13.1 Å². The standard InChI is InChI=1S/C19H29N3O4/c1-19(2,3)26-18(24)20-14-16(17(23)25-4)22-12-10-21(11-13-22)15-8-6-5-7-9-15/h5-9,16H,10-14H2,1-4H3,(H,20,24). The molecule has 0 aliphatic carbocycles. The lowest BCUT2D eigenvalue weighted by molar-refractivity contribution is -0.146. The average Bonchev–Trinajstić information content (AvgIpc) is 2.61. The zero-order chi connectivity index (χ0) is 19.2. The molecular weight excluding hydrogens is 334 g/mol. The number of alkyl carbamates (subject to hydrolysis) is 1. The first-order chi connectivity index (χ1) is 12.3. The van der Waals surface area contributed by atoms with Gasteiger partial charge in [0.05, 0.1) is 7.11 Å². The van der Waals surface area contributed by atoms with E-state index >= 15 is 0 Å². The van der Waals surface area contributed by atoms with Gasteiger partial charge in [0, 0.05) is 38.4 Å². The molecule has 0 bridgehead atoms. The molecular formula is C19H29N3O4. The lowest BCUT2D eigenvalue weighted by Gasteiger charge is -2.39. The normalized spacial score (nSPS) is 16.7. The number of carbonyl (C=O) groups is 2. The highest BCUT2D eigenvalue weighted by atomic mass is 16.6. The monoisotopic (exact) mass is 363 g/mol. The van der Waals surface area contributed by atoms with E-state index in [0.717, 1.165) is 13.1 Å². The Morgan fingerprint density at radius 3 is 2.27 bits per heavy atom. The number of rotatable bonds is 5. The first kappa shape index (κ1) is 20.0. The molecule has 7 nitrogen and oxygen atoms in total. The number of piperazine rings is 1. The van der Waals surface area contributed by atoms with Crippen LogP contribution >= 0.6 is 0 Å². The molecule has 7 heteroatoms. The van der Waals surface area contributed by atoms with Crippen molar-refractivity contribution >= 4 is 17.7 Å². The van der Waals surface area contributed by atoms with Crippen LogP contribution in [0.4, 0.5) is 10.5 Å². The summed E-state index contributed by atoms with van der Waals surface area (Å²) in [6, 6.07) is 9.67. The fourth-order valence-corrected chi connectivity index (χ4v) is 2.92. The fraction of sp³-hybridized carbons (Fsp3) is 0.579. The van der Waals surface area contributed by atoms with E-state index < -0.39 is 17.7 Å². The Hall–Kier alpha value is -2.28. The molecule has 2 rings (SSSR count). The third kappa shape index (κ3) is 5.91. The van der Waals surface area contributed by atoms with E-state index in [1.54, 1.807) is 20.8 Å². The van der Waals surface area contributed by atoms with Crippen molar-refractivity contribution in [1.29, 1.82) is 0 Å². The van der Waals surface area contributed by atoms with E-state index in [1.807, 2.05) is 23.1 Å². The van der Waals surface area contributed by atoms with Gasteiger partial charge < -0.3 is 19.7 Å². The molecule has 1 unspecified atom stereocenters. The van der Waals surface area contributed by atoms with Crippen LogP contribution in [0, 0.1) is 0 Å². The van der Waals surface area contributed by atoms with Gasteiger partial charge in [-0.2, -0.15) is 0 Å². The second kappa shape index (κ2) is 8.89. The van der Waals surface area contributed by atoms with Gasteiger partial charge in [-0.05, 0) is 32.9 Å². The molecule has 0 saturated carbocycles. The molecule has 1 fully saturated rings. The molecule has 1 aliphatic heterocycles. The molecule has 1 aliphatic rings. The molecule has 1 aromatic carbocycles. The van der Waals surface area contributed by atoms with Crippen molar-refractivity contribution in [1.82, 2.24) is 10.2 Å². The SMILES string of the molecule is COC(=O)C(CNC(=O)OC(C)(C)C)N1CCN(c2ccccc2)CC1. The summed E-state index contributed by atoms with van der Waals surface area (Å²) in [5.41, 5.74) is 0.597. The van der Waals surface area contributed by atoms with Crippen molar-refractivity contribution in [2.45, 2.75) is 32.4 Å². The Morgan fingerprint density at radius 1 is 1.12 bits per heavy atom. The van der Waals surface area contributed by atoms with Crippen LogP contribution in [0.3, 0.4) is 0 Å². The average molecular weight is 363 g/mol. The van der Waals surface area contributed by atoms with E-state index in [9.17, 15) is 9.59 Å². The predicted molar refractivity (Wildman–Crippen MR) is 100 cm³/mol. The summed E-state index contributed by atoms with van der Waals surface area (Å²) in [5, 5.41) is 2.68. The van der Waals surface area contributed by atoms with Gasteiger partial charge in [-0.25, -0.2) is 4.79 Å². The van der Waals surface area contributed by atoms with Gasteiger partial charge in [0.25, 0.3) is 0 Å². The first-order valence-electron chi connectivity index (χ1n) is 8.89. The number of hydrogen-bond donors (Lipinski definition) is 1. The van der Waals surface area contributed by atoms with Crippen LogP contribution in [-0.4, -0.2) is 68.4 Å². The van der Waals surface area contributed by atoms with Crippen molar-refractivity contribution in [2.75, 3.05) is 44.7 Å². The van der Waals surface area contributed by atoms with Crippen LogP contribution in [0.1, 0.15) is 20.8 Å². The van der Waals surface area contributed by atoms with Crippen LogP contribution in [0.5, 0.6) is 0 Å². The molecule has 0 aromatic heterocycles. The zero-order valence-electron chi connectivity index (χ0n) is 16.0. The number of carbonyl (C=O) groups excluding carboxylic acids is 2. The van der Waals surface area contributed by atoms with Gasteiger partial charge in [0.1, 0.15) is 11.6 Å². The summed E-state index contributed by atoms with van der Waals surface area (Å²) in [6.07, 6.45) is -0.533.